The van der Waals surface area contributed by atoms with Gasteiger partial charge in [0.05, 0.1) is 12.8 Å². The van der Waals surface area contributed by atoms with E-state index in [-0.39, 0.29) is 0 Å². The molecule has 0 radical (unpaired) electrons. The van der Waals surface area contributed by atoms with Crippen molar-refractivity contribution in [2.24, 2.45) is 0 Å². The van der Waals surface area contributed by atoms with Gasteiger partial charge in [-0.2, -0.15) is 0 Å². The first kappa shape index (κ1) is 14.6. The van der Waals surface area contributed by atoms with Gasteiger partial charge in [-0.05, 0) is 59.6 Å². The van der Waals surface area contributed by atoms with Crippen LogP contribution in [0.15, 0.2) is 16.7 Å². The maximum atomic E-state index is 5.59. The minimum atomic E-state index is 0.732. The fourth-order valence-electron chi connectivity index (χ4n) is 2.21. The smallest absolute Gasteiger partial charge is 0.122 e. The van der Waals surface area contributed by atoms with Crippen LogP contribution >= 0.6 is 0 Å². The summed E-state index contributed by atoms with van der Waals surface area (Å²) in [5, 5.41) is 3.51. The first-order valence-electron chi connectivity index (χ1n) is 7.27. The Hall–Kier alpha value is -0.840. The van der Waals surface area contributed by atoms with E-state index in [1.54, 1.807) is 0 Å². The van der Waals surface area contributed by atoms with Gasteiger partial charge in [0.2, 0.25) is 0 Å². The lowest BCUT2D eigenvalue weighted by molar-refractivity contribution is 0.292. The highest BCUT2D eigenvalue weighted by Crippen LogP contribution is 2.20. The zero-order valence-electron chi connectivity index (χ0n) is 12.5. The fourth-order valence-corrected chi connectivity index (χ4v) is 2.21. The van der Waals surface area contributed by atoms with Gasteiger partial charge in [-0.15, -0.1) is 0 Å². The van der Waals surface area contributed by atoms with Crippen LogP contribution in [0.2, 0.25) is 0 Å². The lowest BCUT2D eigenvalue weighted by Gasteiger charge is -2.18. The van der Waals surface area contributed by atoms with Gasteiger partial charge in [-0.25, -0.2) is 0 Å². The topological polar surface area (TPSA) is 31.6 Å². The van der Waals surface area contributed by atoms with Crippen molar-refractivity contribution >= 4 is 0 Å². The third kappa shape index (κ3) is 5.35. The van der Waals surface area contributed by atoms with E-state index in [9.17, 15) is 0 Å². The molecule has 1 heterocycles. The SMILES string of the molecule is CN(C)CCCN(C)Cc1ccoc1CNC1CC1. The van der Waals surface area contributed by atoms with E-state index in [1.165, 1.54) is 24.8 Å². The van der Waals surface area contributed by atoms with Crippen LogP contribution in [0.3, 0.4) is 0 Å². The standard InChI is InChI=1S/C15H27N3O/c1-17(2)8-4-9-18(3)12-13-7-10-19-15(13)11-16-14-5-6-14/h7,10,14,16H,4-6,8-9,11-12H2,1-3H3. The molecule has 0 aromatic carbocycles. The van der Waals surface area contributed by atoms with E-state index >= 15 is 0 Å². The number of hydrogen-bond donors (Lipinski definition) is 1. The molecule has 0 atom stereocenters. The second kappa shape index (κ2) is 7.08. The average Bonchev–Trinajstić information content (AvgIpc) is 3.08. The van der Waals surface area contributed by atoms with Gasteiger partial charge in [0.15, 0.2) is 0 Å². The average molecular weight is 265 g/mol. The highest BCUT2D eigenvalue weighted by Gasteiger charge is 2.21. The molecule has 0 saturated heterocycles. The number of rotatable bonds is 9. The highest BCUT2D eigenvalue weighted by atomic mass is 16.3. The zero-order valence-corrected chi connectivity index (χ0v) is 12.5. The summed E-state index contributed by atoms with van der Waals surface area (Å²) in [7, 11) is 6.43. The summed E-state index contributed by atoms with van der Waals surface area (Å²) in [5.74, 6) is 1.10. The molecule has 1 N–H and O–H groups in total. The number of nitrogens with zero attached hydrogens (tertiary/aromatic N) is 2. The van der Waals surface area contributed by atoms with E-state index in [0.29, 0.717) is 0 Å². The third-order valence-electron chi connectivity index (χ3n) is 3.55. The molecule has 108 valence electrons. The summed E-state index contributed by atoms with van der Waals surface area (Å²) in [6, 6.07) is 2.84. The van der Waals surface area contributed by atoms with Crippen molar-refractivity contribution in [3.8, 4) is 0 Å². The maximum Gasteiger partial charge on any atom is 0.122 e. The normalized spacial score (nSPS) is 15.6. The van der Waals surface area contributed by atoms with Gasteiger partial charge in [-0.3, -0.25) is 0 Å². The molecule has 0 bridgehead atoms. The lowest BCUT2D eigenvalue weighted by atomic mass is 10.2. The second-order valence-corrected chi connectivity index (χ2v) is 5.92. The number of hydrogen-bond acceptors (Lipinski definition) is 4. The number of nitrogens with one attached hydrogen (secondary N) is 1. The summed E-state index contributed by atoms with van der Waals surface area (Å²) < 4.78 is 5.59. The van der Waals surface area contributed by atoms with Gasteiger partial charge < -0.3 is 19.5 Å². The van der Waals surface area contributed by atoms with Crippen molar-refractivity contribution in [3.63, 3.8) is 0 Å². The quantitative estimate of drug-likeness (QED) is 0.739. The van der Waals surface area contributed by atoms with Crippen LogP contribution in [0.1, 0.15) is 30.6 Å². The van der Waals surface area contributed by atoms with Crippen molar-refractivity contribution < 1.29 is 4.42 Å². The van der Waals surface area contributed by atoms with Crippen LogP contribution in [0.5, 0.6) is 0 Å². The van der Waals surface area contributed by atoms with Crippen molar-refractivity contribution in [2.75, 3.05) is 34.2 Å². The largest absolute Gasteiger partial charge is 0.468 e. The molecule has 0 aliphatic heterocycles. The molecular formula is C15H27N3O. The maximum absolute atomic E-state index is 5.59. The molecule has 0 spiro atoms. The molecular weight excluding hydrogens is 238 g/mol. The Kier molecular flexibility index (Phi) is 5.43. The predicted molar refractivity (Wildman–Crippen MR) is 78.1 cm³/mol. The zero-order chi connectivity index (χ0) is 13.7. The Morgan fingerprint density at radius 1 is 1.26 bits per heavy atom. The monoisotopic (exact) mass is 265 g/mol. The van der Waals surface area contributed by atoms with Crippen LogP contribution in [0.4, 0.5) is 0 Å². The van der Waals surface area contributed by atoms with Crippen molar-refractivity contribution in [3.05, 3.63) is 23.7 Å². The van der Waals surface area contributed by atoms with E-state index in [0.717, 1.165) is 38.0 Å². The van der Waals surface area contributed by atoms with Crippen LogP contribution in [-0.2, 0) is 13.1 Å². The van der Waals surface area contributed by atoms with Crippen LogP contribution in [0.25, 0.3) is 0 Å². The summed E-state index contributed by atoms with van der Waals surface area (Å²) >= 11 is 0. The van der Waals surface area contributed by atoms with Gasteiger partial charge in [-0.1, -0.05) is 0 Å². The Morgan fingerprint density at radius 2 is 2.05 bits per heavy atom. The van der Waals surface area contributed by atoms with Crippen molar-refractivity contribution in [1.29, 1.82) is 0 Å². The van der Waals surface area contributed by atoms with Crippen LogP contribution < -0.4 is 5.32 Å². The molecule has 2 rings (SSSR count). The van der Waals surface area contributed by atoms with Gasteiger partial charge >= 0.3 is 0 Å². The molecule has 1 saturated carbocycles. The Bertz CT molecular complexity index is 371. The van der Waals surface area contributed by atoms with Gasteiger partial charge in [0.25, 0.3) is 0 Å². The summed E-state index contributed by atoms with van der Waals surface area (Å²) in [5.41, 5.74) is 1.32. The van der Waals surface area contributed by atoms with Crippen molar-refractivity contribution in [1.82, 2.24) is 15.1 Å². The first-order valence-corrected chi connectivity index (χ1v) is 7.27. The summed E-state index contributed by atoms with van der Waals surface area (Å²) in [6.07, 6.45) is 5.66. The molecule has 1 aromatic heterocycles. The highest BCUT2D eigenvalue weighted by molar-refractivity contribution is 5.17. The predicted octanol–water partition coefficient (Wildman–Crippen LogP) is 1.92. The minimum Gasteiger partial charge on any atom is -0.468 e. The summed E-state index contributed by atoms with van der Waals surface area (Å²) in [4.78, 5) is 4.60. The summed E-state index contributed by atoms with van der Waals surface area (Å²) in [6.45, 7) is 4.12. The third-order valence-corrected chi connectivity index (χ3v) is 3.55. The minimum absolute atomic E-state index is 0.732. The fraction of sp³-hybridized carbons (Fsp3) is 0.733. The first-order chi connectivity index (χ1) is 9.15. The molecule has 0 unspecified atom stereocenters. The van der Waals surface area contributed by atoms with Crippen LogP contribution in [0, 0.1) is 0 Å². The number of furan rings is 1. The van der Waals surface area contributed by atoms with E-state index in [1.807, 2.05) is 6.26 Å². The van der Waals surface area contributed by atoms with E-state index in [2.05, 4.69) is 42.3 Å². The molecule has 0 amide bonds. The van der Waals surface area contributed by atoms with Crippen molar-refractivity contribution in [2.45, 2.75) is 38.4 Å². The van der Waals surface area contributed by atoms with Gasteiger partial charge in [0.1, 0.15) is 5.76 Å². The molecule has 1 fully saturated rings. The van der Waals surface area contributed by atoms with Crippen LogP contribution in [-0.4, -0.2) is 50.1 Å². The molecule has 1 aromatic rings. The molecule has 4 heteroatoms. The molecule has 1 aliphatic carbocycles. The Labute approximate surface area is 116 Å². The molecule has 4 nitrogen and oxygen atoms in total. The van der Waals surface area contributed by atoms with Gasteiger partial charge in [0, 0.05) is 18.2 Å². The Morgan fingerprint density at radius 3 is 2.74 bits per heavy atom. The molecule has 1 aliphatic rings. The molecule has 19 heavy (non-hydrogen) atoms. The van der Waals surface area contributed by atoms with E-state index in [4.69, 9.17) is 4.42 Å². The lowest BCUT2D eigenvalue weighted by Crippen LogP contribution is -2.24. The second-order valence-electron chi connectivity index (χ2n) is 5.92. The Balaban J connectivity index is 1.72. The van der Waals surface area contributed by atoms with E-state index < -0.39 is 0 Å².